The second-order valence-corrected chi connectivity index (χ2v) is 7.37. The molecule has 0 saturated carbocycles. The van der Waals surface area contributed by atoms with Crippen LogP contribution in [-0.2, 0) is 4.74 Å². The molecule has 0 radical (unpaired) electrons. The average Bonchev–Trinajstić information content (AvgIpc) is 3.21. The standard InChI is InChI=1S/C23H22N6O2/c1-16-22(23(30)25-21-11-10-17-6-2-3-7-18(17)24-21)26-27-29(16)20-9-5-4-8-19(20)28-12-14-31-15-13-28/h2-11H,12-15H2,1H3,(H,24,25,30). The molecule has 0 bridgehead atoms. The van der Waals surface area contributed by atoms with Crippen molar-refractivity contribution >= 4 is 28.3 Å². The number of rotatable bonds is 4. The first-order valence-electron chi connectivity index (χ1n) is 10.2. The van der Waals surface area contributed by atoms with E-state index in [4.69, 9.17) is 4.74 Å². The van der Waals surface area contributed by atoms with Crippen molar-refractivity contribution in [1.82, 2.24) is 20.0 Å². The molecule has 1 saturated heterocycles. The summed E-state index contributed by atoms with van der Waals surface area (Å²) in [5.41, 5.74) is 3.69. The Balaban J connectivity index is 1.43. The average molecular weight is 414 g/mol. The molecule has 2 aromatic carbocycles. The van der Waals surface area contributed by atoms with Crippen molar-refractivity contribution in [1.29, 1.82) is 0 Å². The van der Waals surface area contributed by atoms with Gasteiger partial charge in [0, 0.05) is 18.5 Å². The molecular formula is C23H22N6O2. The van der Waals surface area contributed by atoms with E-state index < -0.39 is 0 Å². The minimum atomic E-state index is -0.338. The quantitative estimate of drug-likeness (QED) is 0.552. The Morgan fingerprint density at radius 2 is 1.71 bits per heavy atom. The van der Waals surface area contributed by atoms with Gasteiger partial charge in [-0.1, -0.05) is 35.5 Å². The third-order valence-electron chi connectivity index (χ3n) is 5.41. The number of hydrogen-bond donors (Lipinski definition) is 1. The number of anilines is 2. The lowest BCUT2D eigenvalue weighted by Gasteiger charge is -2.30. The summed E-state index contributed by atoms with van der Waals surface area (Å²) < 4.78 is 7.19. The van der Waals surface area contributed by atoms with Gasteiger partial charge in [-0.2, -0.15) is 0 Å². The number of hydrogen-bond acceptors (Lipinski definition) is 6. The van der Waals surface area contributed by atoms with Gasteiger partial charge in [-0.05, 0) is 37.3 Å². The van der Waals surface area contributed by atoms with E-state index in [-0.39, 0.29) is 11.6 Å². The number of fused-ring (bicyclic) bond motifs is 1. The summed E-state index contributed by atoms with van der Waals surface area (Å²) in [6, 6.07) is 19.5. The maximum Gasteiger partial charge on any atom is 0.279 e. The van der Waals surface area contributed by atoms with Gasteiger partial charge in [0.05, 0.1) is 35.8 Å². The van der Waals surface area contributed by atoms with Crippen LogP contribution in [0.3, 0.4) is 0 Å². The zero-order valence-corrected chi connectivity index (χ0v) is 17.2. The summed E-state index contributed by atoms with van der Waals surface area (Å²) in [6.07, 6.45) is 0. The molecule has 5 rings (SSSR count). The number of pyridine rings is 1. The molecule has 0 spiro atoms. The third kappa shape index (κ3) is 3.73. The fourth-order valence-electron chi connectivity index (χ4n) is 3.79. The van der Waals surface area contributed by atoms with Crippen LogP contribution >= 0.6 is 0 Å². The number of amides is 1. The Bertz CT molecular complexity index is 1250. The van der Waals surface area contributed by atoms with Gasteiger partial charge in [-0.15, -0.1) is 5.10 Å². The van der Waals surface area contributed by atoms with E-state index in [1.165, 1.54) is 0 Å². The molecular weight excluding hydrogens is 392 g/mol. The predicted octanol–water partition coefficient (Wildman–Crippen LogP) is 3.21. The first-order chi connectivity index (χ1) is 15.2. The van der Waals surface area contributed by atoms with Gasteiger partial charge in [0.1, 0.15) is 5.82 Å². The van der Waals surface area contributed by atoms with Crippen molar-refractivity contribution in [3.8, 4) is 5.69 Å². The van der Waals surface area contributed by atoms with Crippen molar-refractivity contribution in [3.63, 3.8) is 0 Å². The van der Waals surface area contributed by atoms with E-state index in [0.29, 0.717) is 24.7 Å². The van der Waals surface area contributed by atoms with E-state index in [0.717, 1.165) is 35.4 Å². The maximum absolute atomic E-state index is 12.9. The number of nitrogens with zero attached hydrogens (tertiary/aromatic N) is 5. The summed E-state index contributed by atoms with van der Waals surface area (Å²) in [5, 5.41) is 12.3. The van der Waals surface area contributed by atoms with E-state index in [1.807, 2.05) is 55.5 Å². The van der Waals surface area contributed by atoms with Gasteiger partial charge in [-0.3, -0.25) is 4.79 Å². The molecule has 0 aliphatic carbocycles. The topological polar surface area (TPSA) is 85.2 Å². The summed E-state index contributed by atoms with van der Waals surface area (Å²) in [4.78, 5) is 19.7. The molecule has 4 aromatic rings. The fourth-order valence-corrected chi connectivity index (χ4v) is 3.79. The molecule has 1 N–H and O–H groups in total. The zero-order chi connectivity index (χ0) is 21.2. The largest absolute Gasteiger partial charge is 0.378 e. The van der Waals surface area contributed by atoms with Crippen LogP contribution in [0.5, 0.6) is 0 Å². The highest BCUT2D eigenvalue weighted by molar-refractivity contribution is 6.03. The van der Waals surface area contributed by atoms with Crippen LogP contribution in [0.25, 0.3) is 16.6 Å². The van der Waals surface area contributed by atoms with Crippen LogP contribution < -0.4 is 10.2 Å². The fraction of sp³-hybridized carbons (Fsp3) is 0.217. The lowest BCUT2D eigenvalue weighted by atomic mass is 10.2. The number of morpholine rings is 1. The SMILES string of the molecule is Cc1c(C(=O)Nc2ccc3ccccc3n2)nnn1-c1ccccc1N1CCOCC1. The normalized spacial score (nSPS) is 14.0. The lowest BCUT2D eigenvalue weighted by molar-refractivity contribution is 0.102. The van der Waals surface area contributed by atoms with E-state index in [9.17, 15) is 4.79 Å². The van der Waals surface area contributed by atoms with Crippen molar-refractivity contribution < 1.29 is 9.53 Å². The van der Waals surface area contributed by atoms with Crippen LogP contribution in [0.2, 0.25) is 0 Å². The second-order valence-electron chi connectivity index (χ2n) is 7.37. The van der Waals surface area contributed by atoms with Gasteiger partial charge in [-0.25, -0.2) is 9.67 Å². The molecule has 3 heterocycles. The van der Waals surface area contributed by atoms with Crippen molar-refractivity contribution in [3.05, 3.63) is 72.1 Å². The molecule has 31 heavy (non-hydrogen) atoms. The number of benzene rings is 2. The highest BCUT2D eigenvalue weighted by Crippen LogP contribution is 2.26. The van der Waals surface area contributed by atoms with Crippen LogP contribution in [0.15, 0.2) is 60.7 Å². The van der Waals surface area contributed by atoms with Gasteiger partial charge in [0.15, 0.2) is 5.69 Å². The summed E-state index contributed by atoms with van der Waals surface area (Å²) in [7, 11) is 0. The Morgan fingerprint density at radius 1 is 0.968 bits per heavy atom. The van der Waals surface area contributed by atoms with Gasteiger partial charge >= 0.3 is 0 Å². The Hall–Kier alpha value is -3.78. The number of ether oxygens (including phenoxy) is 1. The molecule has 1 aliphatic heterocycles. The van der Waals surface area contributed by atoms with Gasteiger partial charge < -0.3 is 15.0 Å². The third-order valence-corrected chi connectivity index (χ3v) is 5.41. The molecule has 1 fully saturated rings. The second kappa shape index (κ2) is 8.16. The number of para-hydroxylation sites is 3. The zero-order valence-electron chi connectivity index (χ0n) is 17.2. The molecule has 1 aliphatic rings. The predicted molar refractivity (Wildman–Crippen MR) is 119 cm³/mol. The highest BCUT2D eigenvalue weighted by Gasteiger charge is 2.21. The summed E-state index contributed by atoms with van der Waals surface area (Å²) in [6.45, 7) is 4.85. The van der Waals surface area contributed by atoms with Crippen LogP contribution in [0, 0.1) is 6.92 Å². The van der Waals surface area contributed by atoms with Gasteiger partial charge in [0.25, 0.3) is 5.91 Å². The highest BCUT2D eigenvalue weighted by atomic mass is 16.5. The Labute approximate surface area is 179 Å². The number of carbonyl (C=O) groups excluding carboxylic acids is 1. The minimum absolute atomic E-state index is 0.270. The number of aromatic nitrogens is 4. The van der Waals surface area contributed by atoms with Crippen LogP contribution in [0.4, 0.5) is 11.5 Å². The molecule has 0 atom stereocenters. The first-order valence-corrected chi connectivity index (χ1v) is 10.2. The van der Waals surface area contributed by atoms with E-state index >= 15 is 0 Å². The number of carbonyl (C=O) groups is 1. The monoisotopic (exact) mass is 414 g/mol. The van der Waals surface area contributed by atoms with Crippen molar-refractivity contribution in [2.45, 2.75) is 6.92 Å². The molecule has 8 nitrogen and oxygen atoms in total. The van der Waals surface area contributed by atoms with Crippen LogP contribution in [0.1, 0.15) is 16.2 Å². The smallest absolute Gasteiger partial charge is 0.279 e. The Kier molecular flexibility index (Phi) is 5.05. The van der Waals surface area contributed by atoms with Gasteiger partial charge in [0.2, 0.25) is 0 Å². The molecule has 0 unspecified atom stereocenters. The summed E-state index contributed by atoms with van der Waals surface area (Å²) >= 11 is 0. The number of nitrogens with one attached hydrogen (secondary N) is 1. The van der Waals surface area contributed by atoms with Crippen LogP contribution in [-0.4, -0.2) is 52.2 Å². The molecule has 1 amide bonds. The van der Waals surface area contributed by atoms with E-state index in [2.05, 4.69) is 31.6 Å². The summed E-state index contributed by atoms with van der Waals surface area (Å²) in [5.74, 6) is 0.141. The van der Waals surface area contributed by atoms with Crippen molar-refractivity contribution in [2.75, 3.05) is 36.5 Å². The maximum atomic E-state index is 12.9. The molecule has 8 heteroatoms. The lowest BCUT2D eigenvalue weighted by Crippen LogP contribution is -2.36. The minimum Gasteiger partial charge on any atom is -0.378 e. The van der Waals surface area contributed by atoms with Crippen molar-refractivity contribution in [2.24, 2.45) is 0 Å². The first kappa shape index (κ1) is 19.2. The Morgan fingerprint density at radius 3 is 2.55 bits per heavy atom. The van der Waals surface area contributed by atoms with E-state index in [1.54, 1.807) is 10.7 Å². The molecule has 2 aromatic heterocycles. The molecule has 156 valence electrons.